The largest absolute Gasteiger partial charge is 0.292 e. The fourth-order valence-corrected chi connectivity index (χ4v) is 0.317. The minimum atomic E-state index is 0.110. The molecule has 44 valence electrons. The summed E-state index contributed by atoms with van der Waals surface area (Å²) in [5.74, 6) is 7.11. The van der Waals surface area contributed by atoms with Gasteiger partial charge in [-0.2, -0.15) is 32.7 Å². The predicted octanol–water partition coefficient (Wildman–Crippen LogP) is 1.43. The average molecular weight is 247 g/mol. The Morgan fingerprint density at radius 3 is 3.11 bits per heavy atom. The Morgan fingerprint density at radius 2 is 2.56 bits per heavy atom. The van der Waals surface area contributed by atoms with Gasteiger partial charge in [-0.1, -0.05) is 0 Å². The van der Waals surface area contributed by atoms with Crippen LogP contribution in [0, 0.1) is 27.9 Å². The van der Waals surface area contributed by atoms with Crippen molar-refractivity contribution in [2.24, 2.45) is 4.36 Å². The summed E-state index contributed by atoms with van der Waals surface area (Å²) in [4.78, 5) is 0. The van der Waals surface area contributed by atoms with Gasteiger partial charge in [0.15, 0.2) is 0 Å². The fourth-order valence-electron chi connectivity index (χ4n) is 0.137. The van der Waals surface area contributed by atoms with Crippen LogP contribution in [0.25, 0.3) is 0 Å². The van der Waals surface area contributed by atoms with Crippen molar-refractivity contribution in [3.63, 3.8) is 0 Å². The van der Waals surface area contributed by atoms with Crippen molar-refractivity contribution in [1.29, 1.82) is 0 Å². The first kappa shape index (κ1) is 6.73. The lowest BCUT2D eigenvalue weighted by Gasteiger charge is -1.72. The number of hydrogen-bond donors (Lipinski definition) is 0. The highest BCUT2D eigenvalue weighted by Gasteiger charge is 1.45. The van der Waals surface area contributed by atoms with Crippen LogP contribution in [-0.2, 0) is 12.4 Å². The Labute approximate surface area is 74.6 Å². The monoisotopic (exact) mass is 247 g/mol. The van der Waals surface area contributed by atoms with E-state index in [4.69, 9.17) is 1.37 Å². The summed E-state index contributed by atoms with van der Waals surface area (Å²) >= 11 is 5.98. The Morgan fingerprint density at radius 1 is 1.78 bits per heavy atom. The average Bonchev–Trinajstić information content (AvgIpc) is 1.98. The maximum atomic E-state index is 6.96. The molecule has 0 atom stereocenters. The lowest BCUT2D eigenvalue weighted by molar-refractivity contribution is 1.80. The zero-order chi connectivity index (χ0) is 7.82. The third-order valence-corrected chi connectivity index (χ3v) is 0.697. The summed E-state index contributed by atoms with van der Waals surface area (Å²) in [6, 6.07) is 2.33. The van der Waals surface area contributed by atoms with Gasteiger partial charge in [0.05, 0.1) is 18.5 Å². The third kappa shape index (κ3) is 7.61. The number of allylic oxidation sites excluding steroid dienone is 1. The summed E-state index contributed by atoms with van der Waals surface area (Å²) in [6.07, 6.45) is 0. The van der Waals surface area contributed by atoms with Crippen molar-refractivity contribution in [1.82, 2.24) is 0 Å². The Balaban J connectivity index is 4.05. The molecule has 1 nitrogen and oxygen atoms in total. The van der Waals surface area contributed by atoms with Gasteiger partial charge in [0.1, 0.15) is 0 Å². The zero-order valence-corrected chi connectivity index (χ0v) is 7.21. The minimum Gasteiger partial charge on any atom is -0.292 e. The van der Waals surface area contributed by atoms with E-state index in [0.29, 0.717) is 0 Å². The molecule has 0 aliphatic heterocycles. The van der Waals surface area contributed by atoms with Gasteiger partial charge in [-0.25, -0.2) is 0 Å². The van der Waals surface area contributed by atoms with E-state index >= 15 is 0 Å². The minimum absolute atomic E-state index is 0.110. The van der Waals surface area contributed by atoms with Gasteiger partial charge in [-0.05, 0) is 5.92 Å². The highest BCUT2D eigenvalue weighted by molar-refractivity contribution is 14.1. The van der Waals surface area contributed by atoms with Crippen LogP contribution in [0.1, 0.15) is 1.37 Å². The highest BCUT2D eigenvalue weighted by atomic mass is 127. The van der Waals surface area contributed by atoms with Gasteiger partial charge in [-0.15, -0.1) is 10.3 Å². The number of hydrogen-bond acceptors (Lipinski definition) is 2. The van der Waals surface area contributed by atoms with E-state index in [1.165, 1.54) is 0 Å². The van der Waals surface area contributed by atoms with Crippen molar-refractivity contribution in [2.75, 3.05) is 0 Å². The van der Waals surface area contributed by atoms with Crippen LogP contribution >= 0.6 is 22.6 Å². The van der Waals surface area contributed by atoms with E-state index in [0.717, 1.165) is 0 Å². The summed E-state index contributed by atoms with van der Waals surface area (Å²) < 4.78 is 12.5. The molecule has 0 heterocycles. The van der Waals surface area contributed by atoms with Crippen molar-refractivity contribution in [2.45, 2.75) is 0 Å². The van der Waals surface area contributed by atoms with Crippen LogP contribution in [-0.4, -0.2) is 0 Å². The maximum absolute atomic E-state index is 6.96. The molecule has 0 aromatic heterocycles. The molecule has 0 spiro atoms. The normalized spacial score (nSPS) is 9.44. The summed E-state index contributed by atoms with van der Waals surface area (Å²) in [7, 11) is 0. The second-order valence-corrected chi connectivity index (χ2v) is 1.52. The molecule has 0 amide bonds. The van der Waals surface area contributed by atoms with Crippen molar-refractivity contribution in [3.8, 4) is 23.8 Å². The van der Waals surface area contributed by atoms with Gasteiger partial charge in [0, 0.05) is 1.37 Å². The fraction of sp³-hybridized carbons (Fsp3) is 0. The Hall–Kier alpha value is -0.390. The number of nitrogens with zero attached hydrogens (tertiary/aromatic N) is 1. The molecule has 0 fully saturated rings. The van der Waals surface area contributed by atoms with Gasteiger partial charge in [0.2, 0.25) is 0 Å². The molecule has 0 rings (SSSR count). The van der Waals surface area contributed by atoms with Crippen molar-refractivity contribution in [3.05, 3.63) is 10.1 Å². The summed E-state index contributed by atoms with van der Waals surface area (Å²) in [6.45, 7) is 0. The van der Waals surface area contributed by atoms with Gasteiger partial charge >= 0.3 is 0 Å². The van der Waals surface area contributed by atoms with Crippen LogP contribution < -0.4 is 0 Å². The van der Waals surface area contributed by atoms with Gasteiger partial charge in [-0.3, -0.25) is 5.92 Å². The SMILES string of the molecule is [2H]C(C#CC#CN=S)=[C-]I. The Kier molecular flexibility index (Phi) is 5.69. The van der Waals surface area contributed by atoms with Crippen molar-refractivity contribution < 1.29 is 1.37 Å². The number of rotatable bonds is 0. The van der Waals surface area contributed by atoms with E-state index < -0.39 is 0 Å². The smallest absolute Gasteiger partial charge is 0.0608 e. The Bertz CT molecular complexity index is 263. The van der Waals surface area contributed by atoms with Crippen molar-refractivity contribution >= 4 is 35.0 Å². The van der Waals surface area contributed by atoms with Crippen LogP contribution in [0.3, 0.4) is 0 Å². The van der Waals surface area contributed by atoms with E-state index in [9.17, 15) is 0 Å². The molecular formula is C6HINS-. The standard InChI is InChI=1S/C6HINS/c7-5-3-1-2-4-6-8-9/h3H/q-1/i3D. The maximum Gasteiger partial charge on any atom is 0.0608 e. The molecule has 9 heavy (non-hydrogen) atoms. The van der Waals surface area contributed by atoms with E-state index in [2.05, 4.69) is 44.7 Å². The molecular weight excluding hydrogens is 245 g/mol. The molecule has 0 aliphatic rings. The molecule has 3 heteroatoms. The van der Waals surface area contributed by atoms with Crippen LogP contribution in [0.15, 0.2) is 10.4 Å². The highest BCUT2D eigenvalue weighted by Crippen LogP contribution is 1.77. The number of halogens is 1. The summed E-state index contributed by atoms with van der Waals surface area (Å²) in [5, 5.41) is 0. The topological polar surface area (TPSA) is 12.4 Å². The van der Waals surface area contributed by atoms with E-state index in [1.807, 2.05) is 0 Å². The zero-order valence-electron chi connectivity index (χ0n) is 5.23. The molecule has 0 saturated carbocycles. The lowest BCUT2D eigenvalue weighted by Crippen LogP contribution is -1.48. The first-order chi connectivity index (χ1) is 4.81. The second-order valence-electron chi connectivity index (χ2n) is 0.798. The first-order valence-electron chi connectivity index (χ1n) is 2.35. The molecule has 0 radical (unpaired) electrons. The van der Waals surface area contributed by atoms with Crippen LogP contribution in [0.2, 0.25) is 0 Å². The molecule has 0 saturated heterocycles. The van der Waals surface area contributed by atoms with E-state index in [1.54, 1.807) is 22.6 Å². The molecule has 0 aromatic carbocycles. The quantitative estimate of drug-likeness (QED) is 0.358. The third-order valence-electron chi connectivity index (χ3n) is 0.336. The molecule has 0 bridgehead atoms. The molecule has 0 aromatic rings. The van der Waals surface area contributed by atoms with E-state index in [-0.39, 0.29) is 6.05 Å². The van der Waals surface area contributed by atoms with Gasteiger partial charge in [0.25, 0.3) is 0 Å². The lowest BCUT2D eigenvalue weighted by atomic mass is 10.6. The van der Waals surface area contributed by atoms with Gasteiger partial charge < -0.3 is 0 Å². The molecule has 0 unspecified atom stereocenters. The summed E-state index contributed by atoms with van der Waals surface area (Å²) in [5.41, 5.74) is 0. The van der Waals surface area contributed by atoms with Crippen LogP contribution in [0.4, 0.5) is 0 Å². The first-order valence-corrected chi connectivity index (χ1v) is 3.29. The van der Waals surface area contributed by atoms with Crippen LogP contribution in [0.5, 0.6) is 0 Å². The predicted molar refractivity (Wildman–Crippen MR) is 47.2 cm³/mol. The molecule has 0 N–H and O–H groups in total. The molecule has 0 aliphatic carbocycles. The second kappa shape index (κ2) is 7.61.